The van der Waals surface area contributed by atoms with Crippen molar-refractivity contribution in [3.8, 4) is 0 Å². The molecule has 13 heavy (non-hydrogen) atoms. The summed E-state index contributed by atoms with van der Waals surface area (Å²) < 4.78 is 30.2. The summed E-state index contributed by atoms with van der Waals surface area (Å²) in [5, 5.41) is -0.258. The molecule has 0 saturated carbocycles. The summed E-state index contributed by atoms with van der Waals surface area (Å²) in [5.74, 6) is 0. The van der Waals surface area contributed by atoms with Gasteiger partial charge in [0.2, 0.25) is 0 Å². The number of rotatable bonds is 1. The number of nitrogens with zero attached hydrogens (tertiary/aromatic N) is 1. The van der Waals surface area contributed by atoms with Crippen molar-refractivity contribution in [1.29, 1.82) is 0 Å². The van der Waals surface area contributed by atoms with Gasteiger partial charge in [-0.15, -0.1) is 12.4 Å². The van der Waals surface area contributed by atoms with E-state index < -0.39 is 15.0 Å². The Bertz CT molecular complexity index is 408. The molecule has 0 saturated heterocycles. The van der Waals surface area contributed by atoms with E-state index in [9.17, 15) is 8.42 Å². The van der Waals surface area contributed by atoms with Crippen LogP contribution in [0.25, 0.3) is 0 Å². The van der Waals surface area contributed by atoms with Gasteiger partial charge in [0.15, 0.2) is 5.15 Å². The van der Waals surface area contributed by atoms with Crippen molar-refractivity contribution in [2.45, 2.75) is 4.90 Å². The van der Waals surface area contributed by atoms with Gasteiger partial charge >= 0.3 is 0 Å². The molecule has 0 aliphatic carbocycles. The normalized spacial score (nSPS) is 10.7. The SMILES string of the molecule is Cl.O=S(=O)(O)c1ccc(Br)nc1Cl. The van der Waals surface area contributed by atoms with E-state index in [1.54, 1.807) is 0 Å². The molecule has 74 valence electrons. The van der Waals surface area contributed by atoms with Gasteiger partial charge in [0.1, 0.15) is 9.50 Å². The quantitative estimate of drug-likeness (QED) is 0.638. The molecule has 0 aromatic carbocycles. The fourth-order valence-corrected chi connectivity index (χ4v) is 1.95. The molecule has 0 fully saturated rings. The summed E-state index contributed by atoms with van der Waals surface area (Å²) in [5.41, 5.74) is 0. The Labute approximate surface area is 94.6 Å². The standard InChI is InChI=1S/C5H3BrClNO3S.ClH/c6-4-2-1-3(5(7)8-4)12(9,10)11;/h1-2H,(H,9,10,11);1H. The van der Waals surface area contributed by atoms with E-state index in [0.29, 0.717) is 4.60 Å². The first kappa shape index (κ1) is 13.1. The maximum absolute atomic E-state index is 10.6. The molecule has 0 bridgehead atoms. The summed E-state index contributed by atoms with van der Waals surface area (Å²) >= 11 is 8.42. The highest BCUT2D eigenvalue weighted by Crippen LogP contribution is 2.20. The summed E-state index contributed by atoms with van der Waals surface area (Å²) in [6.45, 7) is 0. The van der Waals surface area contributed by atoms with Crippen molar-refractivity contribution in [2.24, 2.45) is 0 Å². The maximum Gasteiger partial charge on any atom is 0.297 e. The van der Waals surface area contributed by atoms with Crippen LogP contribution < -0.4 is 0 Å². The van der Waals surface area contributed by atoms with Crippen LogP contribution in [0.5, 0.6) is 0 Å². The molecule has 1 heterocycles. The Balaban J connectivity index is 0.00000144. The Morgan fingerprint density at radius 1 is 1.46 bits per heavy atom. The Kier molecular flexibility index (Phi) is 4.61. The molecule has 0 aliphatic rings. The zero-order valence-electron chi connectivity index (χ0n) is 5.94. The zero-order chi connectivity index (χ0) is 9.35. The number of pyridine rings is 1. The van der Waals surface area contributed by atoms with Crippen LogP contribution in [0.4, 0.5) is 0 Å². The van der Waals surface area contributed by atoms with Gasteiger partial charge in [-0.1, -0.05) is 11.6 Å². The van der Waals surface area contributed by atoms with E-state index in [1.165, 1.54) is 6.07 Å². The maximum atomic E-state index is 10.6. The van der Waals surface area contributed by atoms with Crippen molar-refractivity contribution >= 4 is 50.1 Å². The van der Waals surface area contributed by atoms with Crippen molar-refractivity contribution < 1.29 is 13.0 Å². The van der Waals surface area contributed by atoms with Crippen LogP contribution in [-0.2, 0) is 10.1 Å². The third-order valence-electron chi connectivity index (χ3n) is 1.06. The van der Waals surface area contributed by atoms with Gasteiger partial charge in [-0.05, 0) is 28.1 Å². The molecule has 0 radical (unpaired) electrons. The van der Waals surface area contributed by atoms with Crippen LogP contribution in [0.15, 0.2) is 21.6 Å². The molecule has 1 N–H and O–H groups in total. The predicted molar refractivity (Wildman–Crippen MR) is 54.0 cm³/mol. The second-order valence-corrected chi connectivity index (χ2v) is 4.46. The topological polar surface area (TPSA) is 67.3 Å². The molecule has 0 spiro atoms. The average Bonchev–Trinajstić information content (AvgIpc) is 1.83. The van der Waals surface area contributed by atoms with Crippen molar-refractivity contribution in [3.63, 3.8) is 0 Å². The van der Waals surface area contributed by atoms with E-state index in [-0.39, 0.29) is 17.6 Å². The zero-order valence-corrected chi connectivity index (χ0v) is 9.91. The minimum Gasteiger partial charge on any atom is -0.282 e. The monoisotopic (exact) mass is 307 g/mol. The van der Waals surface area contributed by atoms with E-state index in [4.69, 9.17) is 16.2 Å². The predicted octanol–water partition coefficient (Wildman–Crippen LogP) is 2.17. The molecular formula is C5H4BrCl2NO3S. The minimum absolute atomic E-state index is 0. The molecule has 1 rings (SSSR count). The molecule has 1 aromatic heterocycles. The Hall–Kier alpha value is 0.120. The first-order valence-corrected chi connectivity index (χ1v) is 5.32. The molecule has 8 heteroatoms. The second-order valence-electron chi connectivity index (χ2n) is 1.90. The molecule has 0 aliphatic heterocycles. The summed E-state index contributed by atoms with van der Waals surface area (Å²) in [6.07, 6.45) is 0. The van der Waals surface area contributed by atoms with Crippen LogP contribution in [0, 0.1) is 0 Å². The fraction of sp³-hybridized carbons (Fsp3) is 0. The lowest BCUT2D eigenvalue weighted by atomic mass is 10.5. The number of hydrogen-bond donors (Lipinski definition) is 1. The van der Waals surface area contributed by atoms with Gasteiger partial charge in [0.05, 0.1) is 0 Å². The van der Waals surface area contributed by atoms with E-state index in [0.717, 1.165) is 6.07 Å². The largest absolute Gasteiger partial charge is 0.297 e. The molecule has 0 unspecified atom stereocenters. The van der Waals surface area contributed by atoms with Crippen LogP contribution in [0.3, 0.4) is 0 Å². The molecule has 1 aromatic rings. The number of hydrogen-bond acceptors (Lipinski definition) is 3. The van der Waals surface area contributed by atoms with Gasteiger partial charge in [-0.3, -0.25) is 4.55 Å². The highest BCUT2D eigenvalue weighted by Gasteiger charge is 2.14. The van der Waals surface area contributed by atoms with E-state index >= 15 is 0 Å². The highest BCUT2D eigenvalue weighted by atomic mass is 79.9. The minimum atomic E-state index is -4.27. The van der Waals surface area contributed by atoms with Gasteiger partial charge in [-0.2, -0.15) is 8.42 Å². The lowest BCUT2D eigenvalue weighted by molar-refractivity contribution is 0.483. The summed E-state index contributed by atoms with van der Waals surface area (Å²) in [6, 6.07) is 2.53. The molecular weight excluding hydrogens is 305 g/mol. The Morgan fingerprint density at radius 3 is 2.38 bits per heavy atom. The third kappa shape index (κ3) is 3.40. The number of halogens is 3. The van der Waals surface area contributed by atoms with Crippen molar-refractivity contribution in [2.75, 3.05) is 0 Å². The van der Waals surface area contributed by atoms with Gasteiger partial charge < -0.3 is 0 Å². The second kappa shape index (κ2) is 4.56. The number of aromatic nitrogens is 1. The molecule has 0 amide bonds. The lowest BCUT2D eigenvalue weighted by Crippen LogP contribution is -1.99. The fourth-order valence-electron chi connectivity index (χ4n) is 0.592. The molecule has 4 nitrogen and oxygen atoms in total. The smallest absolute Gasteiger partial charge is 0.282 e. The average molecular weight is 309 g/mol. The first-order chi connectivity index (χ1) is 5.41. The van der Waals surface area contributed by atoms with E-state index in [2.05, 4.69) is 20.9 Å². The van der Waals surface area contributed by atoms with Crippen molar-refractivity contribution in [1.82, 2.24) is 4.98 Å². The van der Waals surface area contributed by atoms with Crippen LogP contribution in [0.2, 0.25) is 5.15 Å². The van der Waals surface area contributed by atoms with Gasteiger partial charge in [-0.25, -0.2) is 4.98 Å². The third-order valence-corrected chi connectivity index (χ3v) is 2.79. The van der Waals surface area contributed by atoms with Crippen LogP contribution in [0.1, 0.15) is 0 Å². The first-order valence-electron chi connectivity index (χ1n) is 2.71. The molecule has 0 atom stereocenters. The summed E-state index contributed by atoms with van der Waals surface area (Å²) in [7, 11) is -4.27. The lowest BCUT2D eigenvalue weighted by Gasteiger charge is -1.98. The summed E-state index contributed by atoms with van der Waals surface area (Å²) in [4.78, 5) is 3.19. The van der Waals surface area contributed by atoms with E-state index in [1.807, 2.05) is 0 Å². The Morgan fingerprint density at radius 2 is 2.00 bits per heavy atom. The van der Waals surface area contributed by atoms with Crippen LogP contribution >= 0.6 is 39.9 Å². The van der Waals surface area contributed by atoms with Gasteiger partial charge in [0, 0.05) is 0 Å². The van der Waals surface area contributed by atoms with Crippen molar-refractivity contribution in [3.05, 3.63) is 21.9 Å². The highest BCUT2D eigenvalue weighted by molar-refractivity contribution is 9.10. The van der Waals surface area contributed by atoms with Crippen LogP contribution in [-0.4, -0.2) is 18.0 Å². The van der Waals surface area contributed by atoms with Gasteiger partial charge in [0.25, 0.3) is 10.1 Å².